The van der Waals surface area contributed by atoms with E-state index in [0.717, 1.165) is 24.7 Å². The van der Waals surface area contributed by atoms with Gasteiger partial charge >= 0.3 is 0 Å². The molecule has 8 heteroatoms. The zero-order valence-corrected chi connectivity index (χ0v) is 11.2. The van der Waals surface area contributed by atoms with Crippen molar-refractivity contribution in [2.75, 3.05) is 18.6 Å². The van der Waals surface area contributed by atoms with E-state index < -0.39 is 0 Å². The topological polar surface area (TPSA) is 69.0 Å². The minimum Gasteiger partial charge on any atom is -0.377 e. The molecule has 0 saturated heterocycles. The maximum Gasteiger partial charge on any atom is 0.158 e. The Morgan fingerprint density at radius 3 is 3.11 bits per heavy atom. The van der Waals surface area contributed by atoms with Crippen LogP contribution < -0.4 is 4.90 Å². The Labute approximate surface area is 115 Å². The highest BCUT2D eigenvalue weighted by molar-refractivity contribution is 6.29. The first-order valence-electron chi connectivity index (χ1n) is 5.90. The van der Waals surface area contributed by atoms with Crippen LogP contribution in [0.1, 0.15) is 11.6 Å². The van der Waals surface area contributed by atoms with Crippen LogP contribution in [-0.4, -0.2) is 38.4 Å². The molecule has 1 aliphatic heterocycles. The largest absolute Gasteiger partial charge is 0.377 e. The molecule has 0 aromatic carbocycles. The Kier molecular flexibility index (Phi) is 3.31. The molecular formula is C11H13ClN6O. The van der Waals surface area contributed by atoms with E-state index in [4.69, 9.17) is 16.3 Å². The zero-order valence-electron chi connectivity index (χ0n) is 10.5. The molecule has 0 amide bonds. The van der Waals surface area contributed by atoms with E-state index in [9.17, 15) is 0 Å². The standard InChI is InChI=1S/C11H13ClN6O/c1-19-6-9-14-8(12)4-10(15-9)17-2-3-18-7-13-16-11(18)5-17/h4,7H,2-3,5-6H2,1H3. The number of hydrogen-bond donors (Lipinski definition) is 0. The van der Waals surface area contributed by atoms with Gasteiger partial charge in [0, 0.05) is 26.3 Å². The van der Waals surface area contributed by atoms with Crippen LogP contribution in [0.3, 0.4) is 0 Å². The summed E-state index contributed by atoms with van der Waals surface area (Å²) >= 11 is 6.02. The minimum absolute atomic E-state index is 0.345. The molecule has 2 aromatic rings. The fraction of sp³-hybridized carbons (Fsp3) is 0.455. The van der Waals surface area contributed by atoms with Gasteiger partial charge in [0.1, 0.15) is 23.9 Å². The monoisotopic (exact) mass is 280 g/mol. The molecule has 2 aromatic heterocycles. The van der Waals surface area contributed by atoms with Crippen LogP contribution >= 0.6 is 11.6 Å². The highest BCUT2D eigenvalue weighted by Gasteiger charge is 2.19. The summed E-state index contributed by atoms with van der Waals surface area (Å²) in [4.78, 5) is 10.7. The lowest BCUT2D eigenvalue weighted by molar-refractivity contribution is 0.178. The molecule has 0 aliphatic carbocycles. The van der Waals surface area contributed by atoms with Crippen LogP contribution in [0.15, 0.2) is 12.4 Å². The average molecular weight is 281 g/mol. The van der Waals surface area contributed by atoms with E-state index in [1.165, 1.54) is 0 Å². The molecule has 0 spiro atoms. The van der Waals surface area contributed by atoms with Crippen molar-refractivity contribution >= 4 is 17.4 Å². The van der Waals surface area contributed by atoms with Crippen LogP contribution in [0.4, 0.5) is 5.82 Å². The molecule has 0 N–H and O–H groups in total. The third-order valence-electron chi connectivity index (χ3n) is 2.96. The van der Waals surface area contributed by atoms with Gasteiger partial charge in [-0.2, -0.15) is 0 Å². The summed E-state index contributed by atoms with van der Waals surface area (Å²) in [6, 6.07) is 1.76. The number of ether oxygens (including phenoxy) is 1. The predicted octanol–water partition coefficient (Wildman–Crippen LogP) is 0.888. The third-order valence-corrected chi connectivity index (χ3v) is 3.16. The van der Waals surface area contributed by atoms with Gasteiger partial charge in [-0.1, -0.05) is 11.6 Å². The molecule has 0 fully saturated rings. The lowest BCUT2D eigenvalue weighted by Crippen LogP contribution is -2.34. The van der Waals surface area contributed by atoms with Gasteiger partial charge in [0.15, 0.2) is 11.6 Å². The van der Waals surface area contributed by atoms with Gasteiger partial charge in [-0.3, -0.25) is 0 Å². The van der Waals surface area contributed by atoms with E-state index >= 15 is 0 Å². The highest BCUT2D eigenvalue weighted by atomic mass is 35.5. The van der Waals surface area contributed by atoms with Gasteiger partial charge < -0.3 is 14.2 Å². The average Bonchev–Trinajstić information content (AvgIpc) is 2.85. The van der Waals surface area contributed by atoms with Gasteiger partial charge in [-0.15, -0.1) is 10.2 Å². The summed E-state index contributed by atoms with van der Waals surface area (Å²) in [5.74, 6) is 2.30. The molecule has 0 unspecified atom stereocenters. The number of halogens is 1. The van der Waals surface area contributed by atoms with Crippen LogP contribution in [0, 0.1) is 0 Å². The summed E-state index contributed by atoms with van der Waals surface area (Å²) in [5, 5.41) is 8.41. The number of anilines is 1. The molecule has 0 radical (unpaired) electrons. The van der Waals surface area contributed by atoms with Gasteiger partial charge in [0.2, 0.25) is 0 Å². The zero-order chi connectivity index (χ0) is 13.2. The molecule has 0 saturated carbocycles. The maximum atomic E-state index is 6.02. The molecule has 7 nitrogen and oxygen atoms in total. The van der Waals surface area contributed by atoms with Gasteiger partial charge in [0.05, 0.1) is 6.54 Å². The number of hydrogen-bond acceptors (Lipinski definition) is 6. The van der Waals surface area contributed by atoms with Crippen molar-refractivity contribution in [1.29, 1.82) is 0 Å². The second-order valence-electron chi connectivity index (χ2n) is 4.26. The first-order valence-corrected chi connectivity index (χ1v) is 6.28. The third kappa shape index (κ3) is 2.52. The molecule has 100 valence electrons. The van der Waals surface area contributed by atoms with Crippen LogP contribution in [0.2, 0.25) is 5.15 Å². The second-order valence-corrected chi connectivity index (χ2v) is 4.65. The normalized spacial score (nSPS) is 14.5. The van der Waals surface area contributed by atoms with Crippen molar-refractivity contribution in [3.05, 3.63) is 29.2 Å². The number of fused-ring (bicyclic) bond motifs is 1. The molecule has 0 bridgehead atoms. The summed E-state index contributed by atoms with van der Waals surface area (Å²) in [6.45, 7) is 2.69. The van der Waals surface area contributed by atoms with E-state index in [0.29, 0.717) is 24.1 Å². The van der Waals surface area contributed by atoms with Crippen LogP contribution in [0.5, 0.6) is 0 Å². The molecular weight excluding hydrogens is 268 g/mol. The SMILES string of the molecule is COCc1nc(Cl)cc(N2CCn3cnnc3C2)n1. The number of methoxy groups -OCH3 is 1. The molecule has 3 heterocycles. The summed E-state index contributed by atoms with van der Waals surface area (Å²) in [5.41, 5.74) is 0. The number of rotatable bonds is 3. The maximum absolute atomic E-state index is 6.02. The van der Waals surface area contributed by atoms with Crippen LogP contribution in [-0.2, 0) is 24.4 Å². The summed E-state index contributed by atoms with van der Waals surface area (Å²) in [7, 11) is 1.60. The fourth-order valence-corrected chi connectivity index (χ4v) is 2.26. The van der Waals surface area contributed by atoms with Crippen molar-refractivity contribution in [2.24, 2.45) is 0 Å². The molecule has 19 heavy (non-hydrogen) atoms. The van der Waals surface area contributed by atoms with Crippen molar-refractivity contribution in [2.45, 2.75) is 19.7 Å². The Bertz CT molecular complexity index is 586. The molecule has 1 aliphatic rings. The first kappa shape index (κ1) is 12.3. The van der Waals surface area contributed by atoms with E-state index in [-0.39, 0.29) is 0 Å². The molecule has 0 atom stereocenters. The number of nitrogens with zero attached hydrogens (tertiary/aromatic N) is 6. The summed E-state index contributed by atoms with van der Waals surface area (Å²) < 4.78 is 7.08. The predicted molar refractivity (Wildman–Crippen MR) is 68.8 cm³/mol. The Hall–Kier alpha value is -1.73. The van der Waals surface area contributed by atoms with Crippen molar-refractivity contribution in [3.8, 4) is 0 Å². The quantitative estimate of drug-likeness (QED) is 0.778. The van der Waals surface area contributed by atoms with E-state index in [1.54, 1.807) is 19.5 Å². The lowest BCUT2D eigenvalue weighted by atomic mass is 10.3. The summed E-state index contributed by atoms with van der Waals surface area (Å²) in [6.07, 6.45) is 1.75. The highest BCUT2D eigenvalue weighted by Crippen LogP contribution is 2.20. The van der Waals surface area contributed by atoms with Crippen molar-refractivity contribution in [3.63, 3.8) is 0 Å². The lowest BCUT2D eigenvalue weighted by Gasteiger charge is -2.28. The van der Waals surface area contributed by atoms with E-state index in [2.05, 4.69) is 25.1 Å². The Balaban J connectivity index is 1.87. The van der Waals surface area contributed by atoms with Gasteiger partial charge in [0.25, 0.3) is 0 Å². The smallest absolute Gasteiger partial charge is 0.158 e. The fourth-order valence-electron chi connectivity index (χ4n) is 2.07. The van der Waals surface area contributed by atoms with Crippen molar-refractivity contribution in [1.82, 2.24) is 24.7 Å². The Morgan fingerprint density at radius 1 is 1.37 bits per heavy atom. The second kappa shape index (κ2) is 5.10. The number of aromatic nitrogens is 5. The Morgan fingerprint density at radius 2 is 2.26 bits per heavy atom. The first-order chi connectivity index (χ1) is 9.26. The van der Waals surface area contributed by atoms with Gasteiger partial charge in [-0.05, 0) is 0 Å². The van der Waals surface area contributed by atoms with Crippen molar-refractivity contribution < 1.29 is 4.74 Å². The van der Waals surface area contributed by atoms with Crippen LogP contribution in [0.25, 0.3) is 0 Å². The van der Waals surface area contributed by atoms with Gasteiger partial charge in [-0.25, -0.2) is 9.97 Å². The van der Waals surface area contributed by atoms with E-state index in [1.807, 2.05) is 4.57 Å². The minimum atomic E-state index is 0.345. The molecule has 3 rings (SSSR count).